The molecule has 82 valence electrons. The molecule has 4 heteroatoms. The number of hydrogen-bond donors (Lipinski definition) is 0. The molecule has 0 saturated carbocycles. The highest BCUT2D eigenvalue weighted by Gasteiger charge is 2.11. The second-order valence-electron chi connectivity index (χ2n) is 3.50. The van der Waals surface area contributed by atoms with Crippen LogP contribution in [0.15, 0.2) is 24.4 Å². The van der Waals surface area contributed by atoms with E-state index < -0.39 is 0 Å². The maximum Gasteiger partial charge on any atom is 0.253 e. The Morgan fingerprint density at radius 2 is 2.27 bits per heavy atom. The molecule has 0 fully saturated rings. The Labute approximate surface area is 89.9 Å². The van der Waals surface area contributed by atoms with Gasteiger partial charge in [0.05, 0.1) is 6.10 Å². The van der Waals surface area contributed by atoms with Gasteiger partial charge in [0.15, 0.2) is 0 Å². The van der Waals surface area contributed by atoms with Crippen molar-refractivity contribution in [1.82, 2.24) is 4.98 Å². The van der Waals surface area contributed by atoms with Gasteiger partial charge in [-0.2, -0.15) is 0 Å². The highest BCUT2D eigenvalue weighted by Crippen LogP contribution is 2.06. The zero-order valence-electron chi connectivity index (χ0n) is 9.30. The summed E-state index contributed by atoms with van der Waals surface area (Å²) >= 11 is 0. The molecule has 1 aromatic heterocycles. The molecule has 0 unspecified atom stereocenters. The summed E-state index contributed by atoms with van der Waals surface area (Å²) in [6, 6.07) is 5.44. The standard InChI is InChI=1S/C11H16N2O2/c1-9(2)15-8-11(14)13(3)10-6-4-5-7-12-10/h4-7,9H,8H2,1-3H3. The first kappa shape index (κ1) is 11.7. The van der Waals surface area contributed by atoms with Gasteiger partial charge in [0.2, 0.25) is 0 Å². The highest BCUT2D eigenvalue weighted by molar-refractivity contribution is 5.92. The summed E-state index contributed by atoms with van der Waals surface area (Å²) in [5.74, 6) is 0.539. The lowest BCUT2D eigenvalue weighted by atomic mass is 10.4. The van der Waals surface area contributed by atoms with E-state index in [9.17, 15) is 4.79 Å². The van der Waals surface area contributed by atoms with Gasteiger partial charge >= 0.3 is 0 Å². The molecule has 0 aliphatic heterocycles. The van der Waals surface area contributed by atoms with Gasteiger partial charge in [-0.25, -0.2) is 4.98 Å². The van der Waals surface area contributed by atoms with Crippen LogP contribution in [0.25, 0.3) is 0 Å². The lowest BCUT2D eigenvalue weighted by Crippen LogP contribution is -2.31. The molecule has 1 aromatic rings. The van der Waals surface area contributed by atoms with E-state index in [0.717, 1.165) is 0 Å². The molecule has 1 rings (SSSR count). The van der Waals surface area contributed by atoms with Crippen molar-refractivity contribution in [2.45, 2.75) is 20.0 Å². The Morgan fingerprint density at radius 3 is 2.80 bits per heavy atom. The predicted molar refractivity (Wildman–Crippen MR) is 58.7 cm³/mol. The molecule has 0 saturated heterocycles. The fourth-order valence-corrected chi connectivity index (χ4v) is 1.01. The number of carbonyl (C=O) groups excluding carboxylic acids is 1. The first-order chi connectivity index (χ1) is 7.11. The highest BCUT2D eigenvalue weighted by atomic mass is 16.5. The molecule has 1 heterocycles. The Bertz CT molecular complexity index is 312. The van der Waals surface area contributed by atoms with E-state index >= 15 is 0 Å². The van der Waals surface area contributed by atoms with Crippen LogP contribution in [0.5, 0.6) is 0 Å². The molecule has 15 heavy (non-hydrogen) atoms. The zero-order valence-corrected chi connectivity index (χ0v) is 9.30. The second kappa shape index (κ2) is 5.46. The van der Waals surface area contributed by atoms with Gasteiger partial charge in [-0.3, -0.25) is 9.69 Å². The Hall–Kier alpha value is -1.42. The minimum atomic E-state index is -0.0950. The zero-order chi connectivity index (χ0) is 11.3. The Kier molecular flexibility index (Phi) is 4.24. The molecule has 0 atom stereocenters. The van der Waals surface area contributed by atoms with Gasteiger partial charge < -0.3 is 4.74 Å². The summed E-state index contributed by atoms with van der Waals surface area (Å²) in [5.41, 5.74) is 0. The van der Waals surface area contributed by atoms with Crippen molar-refractivity contribution >= 4 is 11.7 Å². The third kappa shape index (κ3) is 3.67. The SMILES string of the molecule is CC(C)OCC(=O)N(C)c1ccccn1. The minimum absolute atomic E-state index is 0.0612. The van der Waals surface area contributed by atoms with Crippen molar-refractivity contribution in [2.75, 3.05) is 18.6 Å². The summed E-state index contributed by atoms with van der Waals surface area (Å²) in [4.78, 5) is 17.2. The quantitative estimate of drug-likeness (QED) is 0.752. The van der Waals surface area contributed by atoms with Gasteiger partial charge in [0.1, 0.15) is 12.4 Å². The van der Waals surface area contributed by atoms with Gasteiger partial charge in [-0.1, -0.05) is 6.07 Å². The van der Waals surface area contributed by atoms with Crippen LogP contribution in [0.3, 0.4) is 0 Å². The number of ether oxygens (including phenoxy) is 1. The van der Waals surface area contributed by atoms with Crippen molar-refractivity contribution in [2.24, 2.45) is 0 Å². The van der Waals surface area contributed by atoms with Crippen molar-refractivity contribution < 1.29 is 9.53 Å². The molecular weight excluding hydrogens is 192 g/mol. The van der Waals surface area contributed by atoms with Crippen LogP contribution in [-0.4, -0.2) is 30.6 Å². The average molecular weight is 208 g/mol. The lowest BCUT2D eigenvalue weighted by molar-refractivity contribution is -0.124. The summed E-state index contributed by atoms with van der Waals surface area (Å²) in [6.45, 7) is 3.88. The summed E-state index contributed by atoms with van der Waals surface area (Å²) in [7, 11) is 1.69. The molecule has 0 spiro atoms. The smallest absolute Gasteiger partial charge is 0.253 e. The fourth-order valence-electron chi connectivity index (χ4n) is 1.01. The van der Waals surface area contributed by atoms with Gasteiger partial charge in [-0.05, 0) is 26.0 Å². The van der Waals surface area contributed by atoms with Crippen molar-refractivity contribution in [3.05, 3.63) is 24.4 Å². The molecule has 4 nitrogen and oxygen atoms in total. The van der Waals surface area contributed by atoms with Crippen LogP contribution in [0, 0.1) is 0 Å². The second-order valence-corrected chi connectivity index (χ2v) is 3.50. The normalized spacial score (nSPS) is 10.4. The molecule has 0 bridgehead atoms. The van der Waals surface area contributed by atoms with Crippen LogP contribution in [0.4, 0.5) is 5.82 Å². The van der Waals surface area contributed by atoms with Crippen LogP contribution in [0.2, 0.25) is 0 Å². The minimum Gasteiger partial charge on any atom is -0.369 e. The lowest BCUT2D eigenvalue weighted by Gasteiger charge is -2.16. The van der Waals surface area contributed by atoms with E-state index in [-0.39, 0.29) is 18.6 Å². The molecular formula is C11H16N2O2. The van der Waals surface area contributed by atoms with E-state index in [1.54, 1.807) is 19.3 Å². The van der Waals surface area contributed by atoms with Crippen molar-refractivity contribution in [1.29, 1.82) is 0 Å². The number of likely N-dealkylation sites (N-methyl/N-ethyl adjacent to an activating group) is 1. The number of rotatable bonds is 4. The van der Waals surface area contributed by atoms with E-state index in [2.05, 4.69) is 4.98 Å². The fraction of sp³-hybridized carbons (Fsp3) is 0.455. The summed E-state index contributed by atoms with van der Waals surface area (Å²) in [5, 5.41) is 0. The molecule has 1 amide bonds. The van der Waals surface area contributed by atoms with Gasteiger partial charge in [0, 0.05) is 13.2 Å². The molecule has 0 aliphatic carbocycles. The maximum atomic E-state index is 11.6. The number of pyridine rings is 1. The Balaban J connectivity index is 2.54. The third-order valence-corrected chi connectivity index (χ3v) is 1.91. The van der Waals surface area contributed by atoms with Crippen molar-refractivity contribution in [3.8, 4) is 0 Å². The van der Waals surface area contributed by atoms with E-state index in [4.69, 9.17) is 4.74 Å². The number of anilines is 1. The van der Waals surface area contributed by atoms with E-state index in [0.29, 0.717) is 5.82 Å². The van der Waals surface area contributed by atoms with Crippen molar-refractivity contribution in [3.63, 3.8) is 0 Å². The predicted octanol–water partition coefficient (Wildman–Crippen LogP) is 1.47. The average Bonchev–Trinajstić information content (AvgIpc) is 2.26. The van der Waals surface area contributed by atoms with Crippen LogP contribution in [0.1, 0.15) is 13.8 Å². The number of nitrogens with zero attached hydrogens (tertiary/aromatic N) is 2. The maximum absolute atomic E-state index is 11.6. The largest absolute Gasteiger partial charge is 0.369 e. The molecule has 0 aliphatic rings. The number of hydrogen-bond acceptors (Lipinski definition) is 3. The number of amides is 1. The van der Waals surface area contributed by atoms with E-state index in [1.165, 1.54) is 4.90 Å². The summed E-state index contributed by atoms with van der Waals surface area (Å²) in [6.07, 6.45) is 1.72. The Morgan fingerprint density at radius 1 is 1.53 bits per heavy atom. The molecule has 0 N–H and O–H groups in total. The van der Waals surface area contributed by atoms with Crippen LogP contribution in [-0.2, 0) is 9.53 Å². The third-order valence-electron chi connectivity index (χ3n) is 1.91. The number of aromatic nitrogens is 1. The topological polar surface area (TPSA) is 42.4 Å². The summed E-state index contributed by atoms with van der Waals surface area (Å²) < 4.78 is 5.23. The number of carbonyl (C=O) groups is 1. The van der Waals surface area contributed by atoms with Crippen LogP contribution < -0.4 is 4.90 Å². The molecule has 0 radical (unpaired) electrons. The molecule has 0 aromatic carbocycles. The first-order valence-corrected chi connectivity index (χ1v) is 4.90. The van der Waals surface area contributed by atoms with Gasteiger partial charge in [0.25, 0.3) is 5.91 Å². The van der Waals surface area contributed by atoms with Crippen LogP contribution >= 0.6 is 0 Å². The first-order valence-electron chi connectivity index (χ1n) is 4.90. The van der Waals surface area contributed by atoms with E-state index in [1.807, 2.05) is 26.0 Å². The van der Waals surface area contributed by atoms with Gasteiger partial charge in [-0.15, -0.1) is 0 Å². The monoisotopic (exact) mass is 208 g/mol.